The molecule has 174 valence electrons. The molecule has 1 saturated heterocycles. The molecule has 0 radical (unpaired) electrons. The molecule has 1 aliphatic heterocycles. The minimum absolute atomic E-state index is 0.0680. The van der Waals surface area contributed by atoms with Crippen molar-refractivity contribution in [1.29, 1.82) is 0 Å². The molecule has 2 fully saturated rings. The molecule has 3 aromatic rings. The smallest absolute Gasteiger partial charge is 0.217 e. The Morgan fingerprint density at radius 3 is 2.91 bits per heavy atom. The lowest BCUT2D eigenvalue weighted by Gasteiger charge is -2.27. The van der Waals surface area contributed by atoms with Gasteiger partial charge in [0.05, 0.1) is 22.4 Å². The van der Waals surface area contributed by atoms with E-state index in [9.17, 15) is 9.90 Å². The van der Waals surface area contributed by atoms with Gasteiger partial charge in [0.25, 0.3) is 0 Å². The van der Waals surface area contributed by atoms with Gasteiger partial charge in [-0.05, 0) is 43.4 Å². The summed E-state index contributed by atoms with van der Waals surface area (Å²) < 4.78 is 7.16. The Bertz CT molecular complexity index is 1140. The molecule has 9 heteroatoms. The Labute approximate surface area is 196 Å². The second-order valence-corrected chi connectivity index (χ2v) is 10.0. The van der Waals surface area contributed by atoms with Crippen LogP contribution in [0.1, 0.15) is 38.5 Å². The highest BCUT2D eigenvalue weighted by Crippen LogP contribution is 2.34. The van der Waals surface area contributed by atoms with Crippen molar-refractivity contribution < 1.29 is 14.6 Å². The van der Waals surface area contributed by atoms with Gasteiger partial charge in [-0.15, -0.1) is 0 Å². The predicted molar refractivity (Wildman–Crippen MR) is 130 cm³/mol. The summed E-state index contributed by atoms with van der Waals surface area (Å²) in [5, 5.41) is 14.5. The molecule has 3 atom stereocenters. The molecule has 0 bridgehead atoms. The summed E-state index contributed by atoms with van der Waals surface area (Å²) in [6, 6.07) is 9.71. The van der Waals surface area contributed by atoms with E-state index in [-0.39, 0.29) is 24.0 Å². The molecule has 1 saturated carbocycles. The average molecular weight is 468 g/mol. The molecular formula is C24H29N5O3S. The zero-order valence-corrected chi connectivity index (χ0v) is 19.3. The standard InChI is InChI=1S/C24H29N5O3S/c25-22(31)11-15-8-10-29(14-15)23-13-17(7-9-26-23)32-16-5-6-19-21(12-16)33-24(28-19)27-18-3-1-2-4-20(18)30/h5-7,9,12-13,15,18,20,30H,1-4,8,10-11,14H2,(H2,25,31)(H,27,28)/t15-,18+,20+/m0/s1. The number of nitrogens with one attached hydrogen (secondary N) is 1. The predicted octanol–water partition coefficient (Wildman–Crippen LogP) is 3.90. The van der Waals surface area contributed by atoms with E-state index >= 15 is 0 Å². The number of hydrogen-bond acceptors (Lipinski definition) is 8. The van der Waals surface area contributed by atoms with Crippen LogP contribution in [0, 0.1) is 5.92 Å². The molecule has 2 aliphatic rings. The zero-order valence-electron chi connectivity index (χ0n) is 18.4. The van der Waals surface area contributed by atoms with Crippen molar-refractivity contribution in [2.24, 2.45) is 11.7 Å². The Hall–Kier alpha value is -2.91. The summed E-state index contributed by atoms with van der Waals surface area (Å²) in [5.41, 5.74) is 6.26. The maximum absolute atomic E-state index is 11.2. The number of amides is 1. The average Bonchev–Trinajstić information content (AvgIpc) is 3.41. The first-order valence-electron chi connectivity index (χ1n) is 11.6. The number of aromatic nitrogens is 2. The van der Waals surface area contributed by atoms with Crippen LogP contribution >= 0.6 is 11.3 Å². The molecule has 3 heterocycles. The summed E-state index contributed by atoms with van der Waals surface area (Å²) in [4.78, 5) is 22.5. The molecule has 8 nitrogen and oxygen atoms in total. The van der Waals surface area contributed by atoms with Crippen LogP contribution in [0.4, 0.5) is 10.9 Å². The van der Waals surface area contributed by atoms with Gasteiger partial charge >= 0.3 is 0 Å². The summed E-state index contributed by atoms with van der Waals surface area (Å²) >= 11 is 1.57. The quantitative estimate of drug-likeness (QED) is 0.483. The number of ether oxygens (including phenoxy) is 1. The van der Waals surface area contributed by atoms with Crippen LogP contribution < -0.4 is 20.7 Å². The molecule has 1 aliphatic carbocycles. The first kappa shape index (κ1) is 21.9. The van der Waals surface area contributed by atoms with Gasteiger partial charge in [-0.1, -0.05) is 24.2 Å². The number of nitrogens with two attached hydrogens (primary N) is 1. The summed E-state index contributed by atoms with van der Waals surface area (Å²) in [5.74, 6) is 2.32. The van der Waals surface area contributed by atoms with Crippen molar-refractivity contribution in [3.05, 3.63) is 36.5 Å². The highest BCUT2D eigenvalue weighted by atomic mass is 32.1. The molecule has 1 aromatic carbocycles. The Morgan fingerprint density at radius 2 is 2.06 bits per heavy atom. The van der Waals surface area contributed by atoms with Gasteiger partial charge in [-0.2, -0.15) is 0 Å². The van der Waals surface area contributed by atoms with Crippen LogP contribution in [0.3, 0.4) is 0 Å². The third-order valence-electron chi connectivity index (χ3n) is 6.45. The Kier molecular flexibility index (Phi) is 6.32. The molecule has 33 heavy (non-hydrogen) atoms. The van der Waals surface area contributed by atoms with Crippen molar-refractivity contribution in [2.45, 2.75) is 50.7 Å². The maximum atomic E-state index is 11.2. The third kappa shape index (κ3) is 5.20. The largest absolute Gasteiger partial charge is 0.457 e. The van der Waals surface area contributed by atoms with Gasteiger partial charge in [0.2, 0.25) is 5.91 Å². The number of pyridine rings is 1. The van der Waals surface area contributed by atoms with Crippen LogP contribution in [0.5, 0.6) is 11.5 Å². The number of rotatable bonds is 7. The van der Waals surface area contributed by atoms with E-state index in [0.29, 0.717) is 12.2 Å². The van der Waals surface area contributed by atoms with Crippen molar-refractivity contribution in [1.82, 2.24) is 9.97 Å². The topological polar surface area (TPSA) is 114 Å². The van der Waals surface area contributed by atoms with E-state index < -0.39 is 0 Å². The van der Waals surface area contributed by atoms with Crippen LogP contribution in [-0.4, -0.2) is 46.2 Å². The molecule has 2 aromatic heterocycles. The monoisotopic (exact) mass is 467 g/mol. The van der Waals surface area contributed by atoms with Gasteiger partial charge in [0.15, 0.2) is 5.13 Å². The minimum atomic E-state index is -0.313. The number of hydrogen-bond donors (Lipinski definition) is 3. The number of aliphatic hydroxyl groups excluding tert-OH is 1. The van der Waals surface area contributed by atoms with Crippen LogP contribution in [0.15, 0.2) is 36.5 Å². The zero-order chi connectivity index (χ0) is 22.8. The van der Waals surface area contributed by atoms with Crippen LogP contribution in [-0.2, 0) is 4.79 Å². The molecule has 1 amide bonds. The number of carbonyl (C=O) groups is 1. The molecule has 5 rings (SSSR count). The first-order chi connectivity index (χ1) is 16.0. The normalized spacial score (nSPS) is 23.1. The number of nitrogens with zero attached hydrogens (tertiary/aromatic N) is 3. The highest BCUT2D eigenvalue weighted by Gasteiger charge is 2.25. The van der Waals surface area contributed by atoms with Crippen molar-refractivity contribution in [2.75, 3.05) is 23.3 Å². The van der Waals surface area contributed by atoms with Gasteiger partial charge in [-0.3, -0.25) is 4.79 Å². The number of benzene rings is 1. The fourth-order valence-electron chi connectivity index (χ4n) is 4.73. The van der Waals surface area contributed by atoms with Crippen molar-refractivity contribution in [3.63, 3.8) is 0 Å². The Morgan fingerprint density at radius 1 is 1.21 bits per heavy atom. The van der Waals surface area contributed by atoms with E-state index in [1.807, 2.05) is 30.3 Å². The first-order valence-corrected chi connectivity index (χ1v) is 12.4. The van der Waals surface area contributed by atoms with E-state index in [0.717, 1.165) is 72.1 Å². The maximum Gasteiger partial charge on any atom is 0.217 e. The minimum Gasteiger partial charge on any atom is -0.457 e. The fraction of sp³-hybridized carbons (Fsp3) is 0.458. The number of carbonyl (C=O) groups excluding carboxylic acids is 1. The highest BCUT2D eigenvalue weighted by molar-refractivity contribution is 7.22. The fourth-order valence-corrected chi connectivity index (χ4v) is 5.69. The summed E-state index contributed by atoms with van der Waals surface area (Å²) in [7, 11) is 0. The lowest BCUT2D eigenvalue weighted by atomic mass is 9.93. The molecular weight excluding hydrogens is 438 g/mol. The number of anilines is 2. The lowest BCUT2D eigenvalue weighted by Crippen LogP contribution is -2.36. The van der Waals surface area contributed by atoms with E-state index in [1.165, 1.54) is 0 Å². The van der Waals surface area contributed by atoms with E-state index in [4.69, 9.17) is 10.5 Å². The lowest BCUT2D eigenvalue weighted by molar-refractivity contribution is -0.118. The van der Waals surface area contributed by atoms with Gasteiger partial charge < -0.3 is 25.8 Å². The van der Waals surface area contributed by atoms with E-state index in [2.05, 4.69) is 20.2 Å². The SMILES string of the molecule is NC(=O)C[C@@H]1CCN(c2cc(Oc3ccc4nc(N[C@@H]5CCCC[C@H]5O)sc4c3)ccn2)C1. The number of primary amides is 1. The molecule has 0 spiro atoms. The van der Waals surface area contributed by atoms with Gasteiger partial charge in [0.1, 0.15) is 17.3 Å². The Balaban J connectivity index is 1.26. The molecule has 4 N–H and O–H groups in total. The number of thiazole rings is 1. The summed E-state index contributed by atoms with van der Waals surface area (Å²) in [6.07, 6.45) is 6.82. The van der Waals surface area contributed by atoms with E-state index in [1.54, 1.807) is 17.5 Å². The van der Waals surface area contributed by atoms with Gasteiger partial charge in [-0.25, -0.2) is 9.97 Å². The second-order valence-electron chi connectivity index (χ2n) is 8.97. The summed E-state index contributed by atoms with van der Waals surface area (Å²) in [6.45, 7) is 1.63. The van der Waals surface area contributed by atoms with Crippen molar-refractivity contribution in [3.8, 4) is 11.5 Å². The molecule has 0 unspecified atom stereocenters. The second kappa shape index (κ2) is 9.52. The van der Waals surface area contributed by atoms with Crippen LogP contribution in [0.2, 0.25) is 0 Å². The third-order valence-corrected chi connectivity index (χ3v) is 7.40. The van der Waals surface area contributed by atoms with Crippen LogP contribution in [0.25, 0.3) is 10.2 Å². The number of aliphatic hydroxyl groups is 1. The number of fused-ring (bicyclic) bond motifs is 1. The van der Waals surface area contributed by atoms with Gasteiger partial charge in [0, 0.05) is 37.8 Å². The van der Waals surface area contributed by atoms with Crippen molar-refractivity contribution >= 4 is 38.4 Å².